The molecule has 1 heterocycles. The molecule has 2 rings (SSSR count). The molecule has 0 aliphatic heterocycles. The van der Waals surface area contributed by atoms with Crippen molar-refractivity contribution in [3.8, 4) is 0 Å². The maximum Gasteiger partial charge on any atom is 0.408 e. The molecular weight excluding hydrogens is 480 g/mol. The number of Topliss-reactive ketones (excluding diaryl/α,β-unsaturated/α-hetero) is 1. The fourth-order valence-corrected chi connectivity index (χ4v) is 4.28. The van der Waals surface area contributed by atoms with Crippen LogP contribution in [0, 0.1) is 5.92 Å². The van der Waals surface area contributed by atoms with E-state index < -0.39 is 24.1 Å². The molecule has 196 valence electrons. The number of carbonyl (C=O) groups excluding carboxylic acids is 4. The van der Waals surface area contributed by atoms with E-state index in [0.29, 0.717) is 19.5 Å². The molecular formula is C26H36N4O5S. The summed E-state index contributed by atoms with van der Waals surface area (Å²) in [5.74, 6) is -0.869. The molecule has 10 heteroatoms. The first-order valence-corrected chi connectivity index (χ1v) is 13.1. The number of ketones is 1. The van der Waals surface area contributed by atoms with E-state index in [4.69, 9.17) is 4.74 Å². The minimum absolute atomic E-state index is 0.0708. The summed E-state index contributed by atoms with van der Waals surface area (Å²) in [6.45, 7) is 8.84. The van der Waals surface area contributed by atoms with Crippen molar-refractivity contribution in [3.05, 3.63) is 52.5 Å². The highest BCUT2D eigenvalue weighted by Gasteiger charge is 2.30. The van der Waals surface area contributed by atoms with Gasteiger partial charge in [0.1, 0.15) is 12.6 Å². The van der Waals surface area contributed by atoms with Gasteiger partial charge in [-0.05, 0) is 38.2 Å². The maximum absolute atomic E-state index is 13.2. The first-order valence-electron chi connectivity index (χ1n) is 12.2. The van der Waals surface area contributed by atoms with Gasteiger partial charge in [-0.15, -0.1) is 11.3 Å². The Morgan fingerprint density at radius 3 is 2.31 bits per heavy atom. The summed E-state index contributed by atoms with van der Waals surface area (Å²) in [6.07, 6.45) is 1.38. The van der Waals surface area contributed by atoms with E-state index in [-0.39, 0.29) is 42.1 Å². The van der Waals surface area contributed by atoms with Crippen LogP contribution in [-0.4, -0.2) is 58.7 Å². The van der Waals surface area contributed by atoms with Crippen molar-refractivity contribution in [1.29, 1.82) is 0 Å². The summed E-state index contributed by atoms with van der Waals surface area (Å²) in [4.78, 5) is 57.0. The number of ether oxygens (including phenoxy) is 1. The summed E-state index contributed by atoms with van der Waals surface area (Å²) in [5.41, 5.74) is 0.824. The van der Waals surface area contributed by atoms with Crippen molar-refractivity contribution < 1.29 is 23.9 Å². The van der Waals surface area contributed by atoms with Gasteiger partial charge in [0.2, 0.25) is 17.6 Å². The van der Waals surface area contributed by atoms with E-state index in [1.807, 2.05) is 58.0 Å². The molecule has 0 spiro atoms. The van der Waals surface area contributed by atoms with Gasteiger partial charge in [-0.1, -0.05) is 44.2 Å². The number of carbonyl (C=O) groups is 4. The summed E-state index contributed by atoms with van der Waals surface area (Å²) in [7, 11) is 0. The standard InChI is InChI=1S/C26H36N4O5S/c1-5-30(6-2)22(31)13-12-20(23(32)25-27-14-15-36-25)28-24(33)21(16-18(3)4)29-26(34)35-17-19-10-8-7-9-11-19/h7-11,14-15,18,20-21H,5-6,12-13,16-17H2,1-4H3,(H,28,33)(H,29,34)/t20-,21-/m0/s1. The molecule has 0 bridgehead atoms. The lowest BCUT2D eigenvalue weighted by molar-refractivity contribution is -0.131. The Bertz CT molecular complexity index is 977. The van der Waals surface area contributed by atoms with Gasteiger partial charge in [0.25, 0.3) is 0 Å². The summed E-state index contributed by atoms with van der Waals surface area (Å²) in [6, 6.07) is 7.37. The van der Waals surface area contributed by atoms with Crippen LogP contribution in [-0.2, 0) is 20.9 Å². The average Bonchev–Trinajstić information content (AvgIpc) is 3.40. The largest absolute Gasteiger partial charge is 0.445 e. The maximum atomic E-state index is 13.2. The summed E-state index contributed by atoms with van der Waals surface area (Å²) < 4.78 is 5.28. The lowest BCUT2D eigenvalue weighted by atomic mass is 10.0. The average molecular weight is 517 g/mol. The number of thiazole rings is 1. The van der Waals surface area contributed by atoms with Crippen molar-refractivity contribution in [2.45, 2.75) is 65.6 Å². The van der Waals surface area contributed by atoms with Crippen molar-refractivity contribution in [2.24, 2.45) is 5.92 Å². The number of nitrogens with one attached hydrogen (secondary N) is 2. The highest BCUT2D eigenvalue weighted by molar-refractivity contribution is 7.11. The van der Waals surface area contributed by atoms with Gasteiger partial charge in [-0.3, -0.25) is 14.4 Å². The van der Waals surface area contributed by atoms with Gasteiger partial charge in [-0.2, -0.15) is 0 Å². The zero-order valence-electron chi connectivity index (χ0n) is 21.4. The highest BCUT2D eigenvalue weighted by Crippen LogP contribution is 2.14. The zero-order chi connectivity index (χ0) is 26.5. The van der Waals surface area contributed by atoms with Gasteiger partial charge in [0.15, 0.2) is 5.01 Å². The molecule has 2 N–H and O–H groups in total. The van der Waals surface area contributed by atoms with Crippen LogP contribution < -0.4 is 10.6 Å². The zero-order valence-corrected chi connectivity index (χ0v) is 22.2. The van der Waals surface area contributed by atoms with Crippen molar-refractivity contribution >= 4 is 35.0 Å². The minimum Gasteiger partial charge on any atom is -0.445 e. The van der Waals surface area contributed by atoms with Gasteiger partial charge in [0, 0.05) is 31.1 Å². The topological polar surface area (TPSA) is 118 Å². The molecule has 36 heavy (non-hydrogen) atoms. The summed E-state index contributed by atoms with van der Waals surface area (Å²) >= 11 is 1.17. The quantitative estimate of drug-likeness (QED) is 0.369. The molecule has 3 amide bonds. The Labute approximate surface area is 216 Å². The Morgan fingerprint density at radius 2 is 1.72 bits per heavy atom. The first kappa shape index (κ1) is 29.0. The SMILES string of the molecule is CCN(CC)C(=O)CC[C@H](NC(=O)[C@H](CC(C)C)NC(=O)OCc1ccccc1)C(=O)c1nccs1. The fraction of sp³-hybridized carbons (Fsp3) is 0.500. The first-order chi connectivity index (χ1) is 17.2. The third-order valence-electron chi connectivity index (χ3n) is 5.57. The number of alkyl carbamates (subject to hydrolysis) is 1. The lowest BCUT2D eigenvalue weighted by Crippen LogP contribution is -2.52. The third kappa shape index (κ3) is 9.41. The Morgan fingerprint density at radius 1 is 1.03 bits per heavy atom. The molecule has 0 saturated carbocycles. The number of aromatic nitrogens is 1. The van der Waals surface area contributed by atoms with E-state index in [1.54, 1.807) is 10.3 Å². The number of amides is 3. The Balaban J connectivity index is 2.09. The molecule has 0 saturated heterocycles. The van der Waals surface area contributed by atoms with Crippen LogP contribution in [0.5, 0.6) is 0 Å². The molecule has 0 aliphatic carbocycles. The van der Waals surface area contributed by atoms with E-state index in [9.17, 15) is 19.2 Å². The van der Waals surface area contributed by atoms with Crippen LogP contribution in [0.15, 0.2) is 41.9 Å². The Kier molecular flexibility index (Phi) is 12.0. The van der Waals surface area contributed by atoms with E-state index in [0.717, 1.165) is 5.56 Å². The normalized spacial score (nSPS) is 12.5. The number of hydrogen-bond acceptors (Lipinski definition) is 7. The summed E-state index contributed by atoms with van der Waals surface area (Å²) in [5, 5.41) is 7.32. The number of rotatable bonds is 14. The van der Waals surface area contributed by atoms with Crippen LogP contribution in [0.1, 0.15) is 62.3 Å². The fourth-order valence-electron chi connectivity index (χ4n) is 3.65. The molecule has 0 fully saturated rings. The van der Waals surface area contributed by atoms with E-state index in [2.05, 4.69) is 15.6 Å². The molecule has 0 aliphatic rings. The predicted octanol–water partition coefficient (Wildman–Crippen LogP) is 3.80. The number of hydrogen-bond donors (Lipinski definition) is 2. The molecule has 2 aromatic rings. The van der Waals surface area contributed by atoms with Crippen LogP contribution in [0.25, 0.3) is 0 Å². The van der Waals surface area contributed by atoms with Gasteiger partial charge < -0.3 is 20.3 Å². The number of nitrogens with zero attached hydrogens (tertiary/aromatic N) is 2. The highest BCUT2D eigenvalue weighted by atomic mass is 32.1. The molecule has 0 unspecified atom stereocenters. The van der Waals surface area contributed by atoms with Crippen LogP contribution in [0.3, 0.4) is 0 Å². The van der Waals surface area contributed by atoms with Crippen LogP contribution >= 0.6 is 11.3 Å². The van der Waals surface area contributed by atoms with Crippen LogP contribution in [0.4, 0.5) is 4.79 Å². The molecule has 0 radical (unpaired) electrons. The van der Waals surface area contributed by atoms with Gasteiger partial charge >= 0.3 is 6.09 Å². The molecule has 2 atom stereocenters. The monoisotopic (exact) mass is 516 g/mol. The van der Waals surface area contributed by atoms with E-state index in [1.165, 1.54) is 17.5 Å². The Hall–Kier alpha value is -3.27. The van der Waals surface area contributed by atoms with Crippen molar-refractivity contribution in [1.82, 2.24) is 20.5 Å². The predicted molar refractivity (Wildman–Crippen MR) is 139 cm³/mol. The molecule has 1 aromatic carbocycles. The second-order valence-electron chi connectivity index (χ2n) is 8.76. The third-order valence-corrected chi connectivity index (χ3v) is 6.36. The molecule has 1 aromatic heterocycles. The van der Waals surface area contributed by atoms with Crippen LogP contribution in [0.2, 0.25) is 0 Å². The van der Waals surface area contributed by atoms with Crippen molar-refractivity contribution in [2.75, 3.05) is 13.1 Å². The smallest absolute Gasteiger partial charge is 0.408 e. The van der Waals surface area contributed by atoms with Crippen molar-refractivity contribution in [3.63, 3.8) is 0 Å². The van der Waals surface area contributed by atoms with Gasteiger partial charge in [-0.25, -0.2) is 9.78 Å². The van der Waals surface area contributed by atoms with Gasteiger partial charge in [0.05, 0.1) is 6.04 Å². The minimum atomic E-state index is -0.944. The van der Waals surface area contributed by atoms with E-state index >= 15 is 0 Å². The number of benzene rings is 1. The second kappa shape index (κ2) is 15.0. The molecule has 9 nitrogen and oxygen atoms in total. The second-order valence-corrected chi connectivity index (χ2v) is 9.65. The lowest BCUT2D eigenvalue weighted by Gasteiger charge is -2.24.